The van der Waals surface area contributed by atoms with Crippen LogP contribution in [0.2, 0.25) is 0 Å². The maximum absolute atomic E-state index is 11.8. The average Bonchev–Trinajstić information content (AvgIpc) is 3.25. The van der Waals surface area contributed by atoms with Gasteiger partial charge in [0.1, 0.15) is 24.4 Å². The minimum Gasteiger partial charge on any atom is -0.387 e. The van der Waals surface area contributed by atoms with Gasteiger partial charge < -0.3 is 19.9 Å². The van der Waals surface area contributed by atoms with Crippen LogP contribution in [-0.4, -0.2) is 63.7 Å². The summed E-state index contributed by atoms with van der Waals surface area (Å²) >= 11 is 0. The zero-order valence-corrected chi connectivity index (χ0v) is 13.9. The number of carbonyl (C=O) groups excluding carboxylic acids is 1. The van der Waals surface area contributed by atoms with E-state index in [9.17, 15) is 4.79 Å². The van der Waals surface area contributed by atoms with Gasteiger partial charge in [-0.05, 0) is 37.2 Å². The molecule has 128 valence electrons. The van der Waals surface area contributed by atoms with E-state index in [4.69, 9.17) is 5.11 Å². The first-order valence-corrected chi connectivity index (χ1v) is 8.57. The van der Waals surface area contributed by atoms with E-state index in [1.165, 1.54) is 0 Å². The van der Waals surface area contributed by atoms with Gasteiger partial charge >= 0.3 is 0 Å². The quantitative estimate of drug-likeness (QED) is 0.878. The van der Waals surface area contributed by atoms with Crippen LogP contribution in [0.15, 0.2) is 18.6 Å². The molecule has 3 atom stereocenters. The predicted molar refractivity (Wildman–Crippen MR) is 90.6 cm³/mol. The molecule has 0 radical (unpaired) electrons. The maximum Gasteiger partial charge on any atom is 0.248 e. The second-order valence-electron chi connectivity index (χ2n) is 6.99. The molecule has 1 aliphatic carbocycles. The first-order valence-electron chi connectivity index (χ1n) is 8.57. The van der Waals surface area contributed by atoms with Crippen molar-refractivity contribution in [2.24, 2.45) is 11.8 Å². The molecule has 2 aromatic heterocycles. The topological polar surface area (TPSA) is 85.4 Å². The van der Waals surface area contributed by atoms with Crippen molar-refractivity contribution < 1.29 is 9.90 Å². The number of nitrogens with zero attached hydrogens (tertiary/aromatic N) is 4. The molecule has 0 aromatic carbocycles. The largest absolute Gasteiger partial charge is 0.387 e. The molecule has 0 spiro atoms. The average molecular weight is 329 g/mol. The third kappa shape index (κ3) is 2.53. The standard InChI is InChI=1S/C17H23N5O2/c1-21(17-14-4-5-18-16(14)19-10-20-17)13-3-2-11-7-22(15(24)9-23)8-12(11)6-13/h4-5,10-13,23H,2-3,6-9H2,1H3,(H,18,19,20)/t11-,12+,13-/m0/s1. The summed E-state index contributed by atoms with van der Waals surface area (Å²) in [5.41, 5.74) is 0.862. The number of likely N-dealkylation sites (tertiary alicyclic amines) is 1. The fraction of sp³-hybridized carbons (Fsp3) is 0.588. The monoisotopic (exact) mass is 329 g/mol. The minimum atomic E-state index is -0.380. The summed E-state index contributed by atoms with van der Waals surface area (Å²) in [6.45, 7) is 1.20. The smallest absolute Gasteiger partial charge is 0.248 e. The molecule has 1 saturated carbocycles. The molecule has 4 rings (SSSR count). The Morgan fingerprint density at radius 1 is 1.38 bits per heavy atom. The summed E-state index contributed by atoms with van der Waals surface area (Å²) < 4.78 is 0. The second-order valence-corrected chi connectivity index (χ2v) is 6.99. The van der Waals surface area contributed by atoms with Crippen LogP contribution in [0.4, 0.5) is 5.82 Å². The van der Waals surface area contributed by atoms with Gasteiger partial charge in [-0.25, -0.2) is 9.97 Å². The molecule has 2 aliphatic rings. The number of amides is 1. The van der Waals surface area contributed by atoms with E-state index < -0.39 is 0 Å². The van der Waals surface area contributed by atoms with Crippen molar-refractivity contribution in [3.05, 3.63) is 18.6 Å². The lowest BCUT2D eigenvalue weighted by Crippen LogP contribution is -2.39. The van der Waals surface area contributed by atoms with Crippen molar-refractivity contribution in [1.29, 1.82) is 0 Å². The number of hydrogen-bond donors (Lipinski definition) is 2. The van der Waals surface area contributed by atoms with Crippen LogP contribution < -0.4 is 4.90 Å². The summed E-state index contributed by atoms with van der Waals surface area (Å²) in [7, 11) is 2.10. The first-order chi connectivity index (χ1) is 11.7. The van der Waals surface area contributed by atoms with Gasteiger partial charge in [-0.2, -0.15) is 0 Å². The van der Waals surface area contributed by atoms with Gasteiger partial charge in [0.05, 0.1) is 5.39 Å². The second kappa shape index (κ2) is 6.05. The molecule has 1 aliphatic heterocycles. The molecule has 0 unspecified atom stereocenters. The van der Waals surface area contributed by atoms with Crippen LogP contribution in [0.1, 0.15) is 19.3 Å². The van der Waals surface area contributed by atoms with Crippen molar-refractivity contribution in [1.82, 2.24) is 19.9 Å². The molecule has 24 heavy (non-hydrogen) atoms. The lowest BCUT2D eigenvalue weighted by molar-refractivity contribution is -0.133. The number of anilines is 1. The van der Waals surface area contributed by atoms with E-state index in [0.717, 1.165) is 49.2 Å². The molecule has 2 N–H and O–H groups in total. The Morgan fingerprint density at radius 2 is 2.21 bits per heavy atom. The van der Waals surface area contributed by atoms with Crippen molar-refractivity contribution in [2.45, 2.75) is 25.3 Å². The van der Waals surface area contributed by atoms with Crippen LogP contribution >= 0.6 is 0 Å². The third-order valence-corrected chi connectivity index (χ3v) is 5.72. The molecule has 7 nitrogen and oxygen atoms in total. The Kier molecular flexibility index (Phi) is 3.88. The Labute approximate surface area is 140 Å². The molecular formula is C17H23N5O2. The summed E-state index contributed by atoms with van der Waals surface area (Å²) in [4.78, 5) is 27.7. The molecule has 1 saturated heterocycles. The van der Waals surface area contributed by atoms with Crippen LogP contribution in [0.25, 0.3) is 11.0 Å². The Balaban J connectivity index is 1.50. The minimum absolute atomic E-state index is 0.140. The highest BCUT2D eigenvalue weighted by Crippen LogP contribution is 2.39. The number of aromatic nitrogens is 3. The molecule has 7 heteroatoms. The number of fused-ring (bicyclic) bond motifs is 2. The molecule has 1 amide bonds. The van der Waals surface area contributed by atoms with E-state index in [2.05, 4.69) is 26.9 Å². The Bertz CT molecular complexity index is 745. The lowest BCUT2D eigenvalue weighted by Gasteiger charge is -2.37. The molecule has 3 heterocycles. The van der Waals surface area contributed by atoms with Gasteiger partial charge in [0, 0.05) is 32.4 Å². The number of carbonyl (C=O) groups is 1. The van der Waals surface area contributed by atoms with Crippen molar-refractivity contribution in [3.63, 3.8) is 0 Å². The summed E-state index contributed by atoms with van der Waals surface area (Å²) in [6.07, 6.45) is 6.79. The number of rotatable bonds is 3. The zero-order chi connectivity index (χ0) is 16.7. The molecule has 2 aromatic rings. The van der Waals surface area contributed by atoms with E-state index in [-0.39, 0.29) is 12.5 Å². The van der Waals surface area contributed by atoms with Crippen LogP contribution in [0.5, 0.6) is 0 Å². The Morgan fingerprint density at radius 3 is 3.04 bits per heavy atom. The first kappa shape index (κ1) is 15.4. The predicted octanol–water partition coefficient (Wildman–Crippen LogP) is 1.01. The van der Waals surface area contributed by atoms with E-state index in [1.54, 1.807) is 6.33 Å². The van der Waals surface area contributed by atoms with Gasteiger partial charge in [-0.15, -0.1) is 0 Å². The maximum atomic E-state index is 11.8. The number of nitrogens with one attached hydrogen (secondary N) is 1. The highest BCUT2D eigenvalue weighted by Gasteiger charge is 2.40. The number of aliphatic hydroxyl groups excluding tert-OH is 1. The van der Waals surface area contributed by atoms with Crippen molar-refractivity contribution in [2.75, 3.05) is 31.6 Å². The van der Waals surface area contributed by atoms with E-state index in [1.807, 2.05) is 17.2 Å². The number of aromatic amines is 1. The van der Waals surface area contributed by atoms with Gasteiger partial charge in [0.2, 0.25) is 5.91 Å². The van der Waals surface area contributed by atoms with E-state index in [0.29, 0.717) is 17.9 Å². The zero-order valence-electron chi connectivity index (χ0n) is 13.9. The fourth-order valence-corrected chi connectivity index (χ4v) is 4.37. The molecular weight excluding hydrogens is 306 g/mol. The summed E-state index contributed by atoms with van der Waals surface area (Å²) in [6, 6.07) is 2.44. The fourth-order valence-electron chi connectivity index (χ4n) is 4.37. The normalized spacial score (nSPS) is 26.6. The number of aliphatic hydroxyl groups is 1. The third-order valence-electron chi connectivity index (χ3n) is 5.72. The highest BCUT2D eigenvalue weighted by atomic mass is 16.3. The van der Waals surface area contributed by atoms with Gasteiger partial charge in [-0.1, -0.05) is 0 Å². The number of hydrogen-bond acceptors (Lipinski definition) is 5. The van der Waals surface area contributed by atoms with Crippen molar-refractivity contribution in [3.8, 4) is 0 Å². The highest BCUT2D eigenvalue weighted by molar-refractivity contribution is 5.87. The lowest BCUT2D eigenvalue weighted by atomic mass is 9.78. The van der Waals surface area contributed by atoms with E-state index >= 15 is 0 Å². The number of H-pyrrole nitrogens is 1. The van der Waals surface area contributed by atoms with Crippen LogP contribution in [0.3, 0.4) is 0 Å². The van der Waals surface area contributed by atoms with Crippen LogP contribution in [0, 0.1) is 11.8 Å². The van der Waals surface area contributed by atoms with Gasteiger partial charge in [0.25, 0.3) is 0 Å². The molecule has 2 fully saturated rings. The van der Waals surface area contributed by atoms with Crippen LogP contribution in [-0.2, 0) is 4.79 Å². The Hall–Kier alpha value is -2.15. The van der Waals surface area contributed by atoms with Crippen molar-refractivity contribution >= 4 is 22.8 Å². The summed E-state index contributed by atoms with van der Waals surface area (Å²) in [5, 5.41) is 10.1. The van der Waals surface area contributed by atoms with Gasteiger partial charge in [0.15, 0.2) is 0 Å². The SMILES string of the molecule is CN(c1ncnc2[nH]ccc12)[C@H]1CC[C@H]2CN(C(=O)CO)C[C@H]2C1. The molecule has 0 bridgehead atoms. The summed E-state index contributed by atoms with van der Waals surface area (Å²) in [5.74, 6) is 1.92. The van der Waals surface area contributed by atoms with Gasteiger partial charge in [-0.3, -0.25) is 4.79 Å².